The molecule has 1 aromatic rings. The number of carbonyl (C=O) groups is 1. The third-order valence-electron chi connectivity index (χ3n) is 3.18. The smallest absolute Gasteiger partial charge is 0.229 e. The Morgan fingerprint density at radius 1 is 1.59 bits per heavy atom. The first-order valence-electron chi connectivity index (χ1n) is 5.59. The summed E-state index contributed by atoms with van der Waals surface area (Å²) in [4.78, 5) is 15.6. The first-order chi connectivity index (χ1) is 7.54. The Morgan fingerprint density at radius 3 is 2.94 bits per heavy atom. The van der Waals surface area contributed by atoms with Crippen LogP contribution in [-0.4, -0.2) is 23.9 Å². The van der Waals surface area contributed by atoms with Crippen LogP contribution in [0.15, 0.2) is 11.4 Å². The lowest BCUT2D eigenvalue weighted by molar-refractivity contribution is -0.140. The van der Waals surface area contributed by atoms with E-state index in [1.165, 1.54) is 10.4 Å². The largest absolute Gasteiger partial charge is 0.337 e. The minimum atomic E-state index is -0.437. The van der Waals surface area contributed by atoms with Gasteiger partial charge < -0.3 is 10.6 Å². The molecule has 0 atom stereocenters. The van der Waals surface area contributed by atoms with Gasteiger partial charge in [-0.05, 0) is 37.3 Å². The molecule has 96 valence electrons. The maximum Gasteiger partial charge on any atom is 0.229 e. The highest BCUT2D eigenvalue weighted by Gasteiger charge is 2.32. The lowest BCUT2D eigenvalue weighted by Gasteiger charge is -2.33. The van der Waals surface area contributed by atoms with Gasteiger partial charge in [-0.25, -0.2) is 0 Å². The van der Waals surface area contributed by atoms with E-state index in [1.807, 2.05) is 18.7 Å². The summed E-state index contributed by atoms with van der Waals surface area (Å²) in [7, 11) is 0. The summed E-state index contributed by atoms with van der Waals surface area (Å²) in [6.07, 6.45) is 0.986. The van der Waals surface area contributed by atoms with Gasteiger partial charge in [0.2, 0.25) is 5.91 Å². The number of hydrogen-bond donors (Lipinski definition) is 1. The molecule has 2 rings (SSSR count). The van der Waals surface area contributed by atoms with Crippen LogP contribution >= 0.6 is 23.7 Å². The van der Waals surface area contributed by atoms with Gasteiger partial charge in [-0.1, -0.05) is 0 Å². The number of nitrogens with zero attached hydrogens (tertiary/aromatic N) is 1. The number of hydrogen-bond acceptors (Lipinski definition) is 3. The number of nitrogens with two attached hydrogens (primary N) is 1. The number of carbonyl (C=O) groups excluding carboxylic acids is 1. The Kier molecular flexibility index (Phi) is 4.58. The molecule has 1 aliphatic rings. The van der Waals surface area contributed by atoms with Gasteiger partial charge in [0.25, 0.3) is 0 Å². The van der Waals surface area contributed by atoms with Crippen LogP contribution in [-0.2, 0) is 17.8 Å². The summed E-state index contributed by atoms with van der Waals surface area (Å²) in [5.41, 5.74) is 6.51. The van der Waals surface area contributed by atoms with Crippen molar-refractivity contribution in [3.05, 3.63) is 21.9 Å². The minimum absolute atomic E-state index is 0. The van der Waals surface area contributed by atoms with Crippen molar-refractivity contribution in [3.8, 4) is 0 Å². The van der Waals surface area contributed by atoms with Crippen molar-refractivity contribution in [2.24, 2.45) is 11.1 Å². The van der Waals surface area contributed by atoms with Crippen LogP contribution in [0.4, 0.5) is 0 Å². The highest BCUT2D eigenvalue weighted by Crippen LogP contribution is 2.27. The number of fused-ring (bicyclic) bond motifs is 1. The molecule has 0 saturated carbocycles. The summed E-state index contributed by atoms with van der Waals surface area (Å²) in [6.45, 7) is 5.81. The third kappa shape index (κ3) is 2.81. The van der Waals surface area contributed by atoms with E-state index in [0.717, 1.165) is 19.5 Å². The average Bonchev–Trinajstić information content (AvgIpc) is 2.74. The molecule has 2 N–H and O–H groups in total. The molecule has 3 nitrogen and oxygen atoms in total. The van der Waals surface area contributed by atoms with E-state index in [-0.39, 0.29) is 18.3 Å². The number of halogens is 1. The fourth-order valence-corrected chi connectivity index (χ4v) is 2.83. The lowest BCUT2D eigenvalue weighted by atomic mass is 9.91. The zero-order chi connectivity index (χ0) is 11.8. The number of rotatable bonds is 2. The van der Waals surface area contributed by atoms with E-state index >= 15 is 0 Å². The quantitative estimate of drug-likeness (QED) is 0.897. The Bertz CT molecular complexity index is 403. The van der Waals surface area contributed by atoms with Crippen molar-refractivity contribution in [1.82, 2.24) is 4.90 Å². The van der Waals surface area contributed by atoms with Gasteiger partial charge in [0.05, 0.1) is 5.41 Å². The SMILES string of the molecule is CC(C)(CN)C(=O)N1CCc2sccc2C1.Cl. The van der Waals surface area contributed by atoms with Gasteiger partial charge in [0.15, 0.2) is 0 Å². The van der Waals surface area contributed by atoms with Crippen molar-refractivity contribution >= 4 is 29.7 Å². The predicted molar refractivity (Wildman–Crippen MR) is 73.5 cm³/mol. The van der Waals surface area contributed by atoms with Gasteiger partial charge >= 0.3 is 0 Å². The Labute approximate surface area is 112 Å². The minimum Gasteiger partial charge on any atom is -0.337 e. The van der Waals surface area contributed by atoms with Crippen LogP contribution in [0.1, 0.15) is 24.3 Å². The van der Waals surface area contributed by atoms with E-state index < -0.39 is 5.41 Å². The lowest BCUT2D eigenvalue weighted by Crippen LogP contribution is -2.46. The number of amides is 1. The molecule has 17 heavy (non-hydrogen) atoms. The van der Waals surface area contributed by atoms with Crippen LogP contribution in [0.5, 0.6) is 0 Å². The zero-order valence-electron chi connectivity index (χ0n) is 10.2. The highest BCUT2D eigenvalue weighted by molar-refractivity contribution is 7.10. The van der Waals surface area contributed by atoms with Gasteiger partial charge in [0.1, 0.15) is 0 Å². The van der Waals surface area contributed by atoms with E-state index in [4.69, 9.17) is 5.73 Å². The monoisotopic (exact) mass is 274 g/mol. The van der Waals surface area contributed by atoms with Crippen LogP contribution in [0, 0.1) is 5.41 Å². The Morgan fingerprint density at radius 2 is 2.29 bits per heavy atom. The summed E-state index contributed by atoms with van der Waals surface area (Å²) in [6, 6.07) is 2.12. The van der Waals surface area contributed by atoms with Crippen molar-refractivity contribution < 1.29 is 4.79 Å². The standard InChI is InChI=1S/C12H18N2OS.ClH/c1-12(2,8-13)11(15)14-5-3-10-9(7-14)4-6-16-10;/h4,6H,3,5,7-8,13H2,1-2H3;1H. The molecular weight excluding hydrogens is 256 g/mol. The maximum absolute atomic E-state index is 12.2. The van der Waals surface area contributed by atoms with Crippen molar-refractivity contribution in [3.63, 3.8) is 0 Å². The van der Waals surface area contributed by atoms with Gasteiger partial charge in [-0.3, -0.25) is 4.79 Å². The molecule has 0 saturated heterocycles. The second-order valence-electron chi connectivity index (χ2n) is 4.93. The molecule has 2 heterocycles. The topological polar surface area (TPSA) is 46.3 Å². The summed E-state index contributed by atoms with van der Waals surface area (Å²) in [5, 5.41) is 2.10. The Balaban J connectivity index is 0.00000144. The zero-order valence-corrected chi connectivity index (χ0v) is 11.9. The normalized spacial score (nSPS) is 15.1. The third-order valence-corrected chi connectivity index (χ3v) is 4.21. The van der Waals surface area contributed by atoms with E-state index in [9.17, 15) is 4.79 Å². The summed E-state index contributed by atoms with van der Waals surface area (Å²) < 4.78 is 0. The predicted octanol–water partition coefficient (Wildman–Crippen LogP) is 2.04. The average molecular weight is 275 g/mol. The molecule has 0 aromatic carbocycles. The van der Waals surface area contributed by atoms with E-state index in [2.05, 4.69) is 11.4 Å². The molecule has 0 fully saturated rings. The number of thiophene rings is 1. The molecule has 0 unspecified atom stereocenters. The van der Waals surface area contributed by atoms with Crippen molar-refractivity contribution in [2.45, 2.75) is 26.8 Å². The molecule has 0 aliphatic carbocycles. The van der Waals surface area contributed by atoms with Gasteiger partial charge in [0, 0.05) is 24.5 Å². The van der Waals surface area contributed by atoms with Crippen molar-refractivity contribution in [2.75, 3.05) is 13.1 Å². The Hall–Kier alpha value is -0.580. The van der Waals surface area contributed by atoms with Crippen LogP contribution in [0.2, 0.25) is 0 Å². The van der Waals surface area contributed by atoms with Crippen molar-refractivity contribution in [1.29, 1.82) is 0 Å². The second kappa shape index (κ2) is 5.38. The molecule has 1 aliphatic heterocycles. The summed E-state index contributed by atoms with van der Waals surface area (Å²) in [5.74, 6) is 0.173. The van der Waals surface area contributed by atoms with Gasteiger partial charge in [-0.15, -0.1) is 23.7 Å². The molecule has 0 radical (unpaired) electrons. The molecule has 0 spiro atoms. The van der Waals surface area contributed by atoms with E-state index in [1.54, 1.807) is 11.3 Å². The molecule has 1 aromatic heterocycles. The molecule has 0 bridgehead atoms. The summed E-state index contributed by atoms with van der Waals surface area (Å²) >= 11 is 1.79. The fourth-order valence-electron chi connectivity index (χ4n) is 1.94. The first-order valence-corrected chi connectivity index (χ1v) is 6.47. The molecule has 5 heteroatoms. The fraction of sp³-hybridized carbons (Fsp3) is 0.583. The highest BCUT2D eigenvalue weighted by atomic mass is 35.5. The van der Waals surface area contributed by atoms with Crippen LogP contribution in [0.3, 0.4) is 0 Å². The van der Waals surface area contributed by atoms with Gasteiger partial charge in [-0.2, -0.15) is 0 Å². The van der Waals surface area contributed by atoms with E-state index in [0.29, 0.717) is 6.54 Å². The van der Waals surface area contributed by atoms with Crippen LogP contribution < -0.4 is 5.73 Å². The van der Waals surface area contributed by atoms with Crippen LogP contribution in [0.25, 0.3) is 0 Å². The molecular formula is C12H19ClN2OS. The molecule has 1 amide bonds. The maximum atomic E-state index is 12.2. The second-order valence-corrected chi connectivity index (χ2v) is 5.93. The first kappa shape index (κ1) is 14.5.